The number of para-hydroxylation sites is 2. The lowest BCUT2D eigenvalue weighted by molar-refractivity contribution is 0.0953. The van der Waals surface area contributed by atoms with Crippen LogP contribution in [0.1, 0.15) is 32.9 Å². The number of carbonyl (C=O) groups is 1. The molecule has 0 saturated heterocycles. The number of aryl methyl sites for hydroxylation is 3. The second-order valence-corrected chi connectivity index (χ2v) is 8.22. The predicted octanol–water partition coefficient (Wildman–Crippen LogP) is 5.01. The summed E-state index contributed by atoms with van der Waals surface area (Å²) in [6, 6.07) is 22.0. The van der Waals surface area contributed by atoms with Crippen LogP contribution in [0.3, 0.4) is 0 Å². The largest absolute Gasteiger partial charge is 0.492 e. The minimum atomic E-state index is -0.0606. The van der Waals surface area contributed by atoms with Crippen molar-refractivity contribution in [3.63, 3.8) is 0 Å². The maximum atomic E-state index is 12.5. The van der Waals surface area contributed by atoms with Crippen molar-refractivity contribution in [2.45, 2.75) is 33.7 Å². The van der Waals surface area contributed by atoms with E-state index in [1.165, 1.54) is 11.1 Å². The topological polar surface area (TPSA) is 56.1 Å². The van der Waals surface area contributed by atoms with Crippen LogP contribution in [0.15, 0.2) is 66.7 Å². The number of amides is 1. The molecule has 1 aromatic heterocycles. The highest BCUT2D eigenvalue weighted by Gasteiger charge is 2.12. The van der Waals surface area contributed by atoms with E-state index in [2.05, 4.69) is 48.0 Å². The second kappa shape index (κ2) is 9.69. The van der Waals surface area contributed by atoms with Gasteiger partial charge in [-0.3, -0.25) is 4.79 Å². The summed E-state index contributed by atoms with van der Waals surface area (Å²) < 4.78 is 8.23. The third-order valence-electron chi connectivity index (χ3n) is 5.43. The maximum Gasteiger partial charge on any atom is 0.251 e. The lowest BCUT2D eigenvalue weighted by Gasteiger charge is -2.12. The molecule has 0 fully saturated rings. The molecule has 1 heterocycles. The number of hydrogen-bond donors (Lipinski definition) is 1. The Balaban J connectivity index is 1.43. The zero-order valence-corrected chi connectivity index (χ0v) is 18.9. The van der Waals surface area contributed by atoms with Crippen molar-refractivity contribution in [1.82, 2.24) is 14.9 Å². The normalized spacial score (nSPS) is 11.0. The van der Waals surface area contributed by atoms with Crippen LogP contribution >= 0.6 is 0 Å². The molecule has 0 saturated carbocycles. The average molecular weight is 428 g/mol. The molecule has 3 aromatic carbocycles. The fourth-order valence-electron chi connectivity index (χ4n) is 4.01. The Kier molecular flexibility index (Phi) is 6.55. The van der Waals surface area contributed by atoms with E-state index in [4.69, 9.17) is 9.72 Å². The molecule has 1 amide bonds. The fourth-order valence-corrected chi connectivity index (χ4v) is 4.01. The third kappa shape index (κ3) is 5.17. The van der Waals surface area contributed by atoms with Gasteiger partial charge >= 0.3 is 0 Å². The lowest BCUT2D eigenvalue weighted by atomic mass is 10.1. The number of rotatable bonds is 8. The van der Waals surface area contributed by atoms with Crippen molar-refractivity contribution in [1.29, 1.82) is 0 Å². The minimum absolute atomic E-state index is 0.0606. The number of nitrogens with zero attached hydrogens (tertiary/aromatic N) is 2. The van der Waals surface area contributed by atoms with Crippen LogP contribution in [-0.2, 0) is 13.0 Å². The number of nitrogens with one attached hydrogen (secondary N) is 1. The van der Waals surface area contributed by atoms with E-state index in [0.29, 0.717) is 31.7 Å². The minimum Gasteiger partial charge on any atom is -0.492 e. The standard InChI is InChI=1S/C27H29N3O2/c1-19-7-6-8-22(16-19)27(31)28-12-11-26-29-24-9-4-5-10-25(24)30(26)13-14-32-23-17-20(2)15-21(3)18-23/h4-10,15-18H,11-14H2,1-3H3,(H,28,31). The van der Waals surface area contributed by atoms with Gasteiger partial charge in [0.05, 0.1) is 17.6 Å². The number of imidazole rings is 1. The molecule has 164 valence electrons. The Morgan fingerprint density at radius 1 is 0.938 bits per heavy atom. The molecule has 0 aliphatic carbocycles. The zero-order valence-electron chi connectivity index (χ0n) is 18.9. The molecule has 0 spiro atoms. The number of fused-ring (bicyclic) bond motifs is 1. The molecule has 5 heteroatoms. The monoisotopic (exact) mass is 427 g/mol. The number of ether oxygens (including phenoxy) is 1. The molecule has 32 heavy (non-hydrogen) atoms. The van der Waals surface area contributed by atoms with Crippen molar-refractivity contribution < 1.29 is 9.53 Å². The summed E-state index contributed by atoms with van der Waals surface area (Å²) in [6.45, 7) is 7.90. The summed E-state index contributed by atoms with van der Waals surface area (Å²) in [4.78, 5) is 17.3. The van der Waals surface area contributed by atoms with Crippen molar-refractivity contribution >= 4 is 16.9 Å². The van der Waals surface area contributed by atoms with Crippen molar-refractivity contribution in [2.75, 3.05) is 13.2 Å². The highest BCUT2D eigenvalue weighted by atomic mass is 16.5. The molecule has 1 N–H and O–H groups in total. The van der Waals surface area contributed by atoms with Crippen molar-refractivity contribution in [3.05, 3.63) is 94.8 Å². The van der Waals surface area contributed by atoms with E-state index in [1.54, 1.807) is 0 Å². The summed E-state index contributed by atoms with van der Waals surface area (Å²) in [7, 11) is 0. The lowest BCUT2D eigenvalue weighted by Crippen LogP contribution is -2.26. The van der Waals surface area contributed by atoms with Gasteiger partial charge in [-0.2, -0.15) is 0 Å². The molecule has 0 radical (unpaired) electrons. The Labute approximate surface area is 189 Å². The fraction of sp³-hybridized carbons (Fsp3) is 0.259. The Morgan fingerprint density at radius 3 is 2.50 bits per heavy atom. The molecule has 5 nitrogen and oxygen atoms in total. The van der Waals surface area contributed by atoms with Crippen LogP contribution in [0.5, 0.6) is 5.75 Å². The van der Waals surface area contributed by atoms with E-state index in [9.17, 15) is 4.79 Å². The summed E-state index contributed by atoms with van der Waals surface area (Å²) in [5.41, 5.74) is 6.18. The molecule has 0 atom stereocenters. The Bertz CT molecular complexity index is 1220. The molecular weight excluding hydrogens is 398 g/mol. The molecule has 0 unspecified atom stereocenters. The summed E-state index contributed by atoms with van der Waals surface area (Å²) >= 11 is 0. The first-order valence-corrected chi connectivity index (χ1v) is 11.0. The van der Waals surface area contributed by atoms with Gasteiger partial charge in [-0.1, -0.05) is 35.9 Å². The van der Waals surface area contributed by atoms with Gasteiger partial charge in [-0.05, 0) is 68.3 Å². The first kappa shape index (κ1) is 21.6. The van der Waals surface area contributed by atoms with Crippen LogP contribution in [-0.4, -0.2) is 28.6 Å². The first-order chi connectivity index (χ1) is 15.5. The van der Waals surface area contributed by atoms with Crippen molar-refractivity contribution in [3.8, 4) is 5.75 Å². The van der Waals surface area contributed by atoms with Crippen molar-refractivity contribution in [2.24, 2.45) is 0 Å². The van der Waals surface area contributed by atoms with Crippen LogP contribution in [0.2, 0.25) is 0 Å². The number of aromatic nitrogens is 2. The van der Waals surface area contributed by atoms with E-state index in [0.717, 1.165) is 28.2 Å². The van der Waals surface area contributed by atoms with Gasteiger partial charge < -0.3 is 14.6 Å². The highest BCUT2D eigenvalue weighted by molar-refractivity contribution is 5.94. The molecule has 0 bridgehead atoms. The van der Waals surface area contributed by atoms with E-state index in [-0.39, 0.29) is 5.91 Å². The van der Waals surface area contributed by atoms with Gasteiger partial charge in [0.25, 0.3) is 5.91 Å². The summed E-state index contributed by atoms with van der Waals surface area (Å²) in [5, 5.41) is 3.02. The third-order valence-corrected chi connectivity index (χ3v) is 5.43. The van der Waals surface area contributed by atoms with Crippen LogP contribution in [0.25, 0.3) is 11.0 Å². The predicted molar refractivity (Wildman–Crippen MR) is 128 cm³/mol. The quantitative estimate of drug-likeness (QED) is 0.430. The molecule has 4 aromatic rings. The maximum absolute atomic E-state index is 12.5. The first-order valence-electron chi connectivity index (χ1n) is 11.0. The molecule has 4 rings (SSSR count). The number of carbonyl (C=O) groups excluding carboxylic acids is 1. The average Bonchev–Trinajstić information content (AvgIpc) is 3.10. The highest BCUT2D eigenvalue weighted by Crippen LogP contribution is 2.19. The van der Waals surface area contributed by atoms with Gasteiger partial charge in [-0.15, -0.1) is 0 Å². The molecule has 0 aliphatic heterocycles. The van der Waals surface area contributed by atoms with Gasteiger partial charge in [0.15, 0.2) is 0 Å². The van der Waals surface area contributed by atoms with E-state index in [1.807, 2.05) is 49.4 Å². The van der Waals surface area contributed by atoms with Gasteiger partial charge in [0, 0.05) is 18.5 Å². The molecule has 0 aliphatic rings. The van der Waals surface area contributed by atoms with Crippen LogP contribution in [0.4, 0.5) is 0 Å². The molecular formula is C27H29N3O2. The SMILES string of the molecule is Cc1cc(C)cc(OCCn2c(CCNC(=O)c3cccc(C)c3)nc3ccccc32)c1. The second-order valence-electron chi connectivity index (χ2n) is 8.22. The van der Waals surface area contributed by atoms with E-state index < -0.39 is 0 Å². The zero-order chi connectivity index (χ0) is 22.5. The summed E-state index contributed by atoms with van der Waals surface area (Å²) in [6.07, 6.45) is 0.649. The van der Waals surface area contributed by atoms with Crippen LogP contribution < -0.4 is 10.1 Å². The smallest absolute Gasteiger partial charge is 0.251 e. The Hall–Kier alpha value is -3.60. The Morgan fingerprint density at radius 2 is 1.72 bits per heavy atom. The van der Waals surface area contributed by atoms with E-state index >= 15 is 0 Å². The van der Waals surface area contributed by atoms with Gasteiger partial charge in [-0.25, -0.2) is 4.98 Å². The van der Waals surface area contributed by atoms with Gasteiger partial charge in [0.2, 0.25) is 0 Å². The number of benzene rings is 3. The van der Waals surface area contributed by atoms with Gasteiger partial charge in [0.1, 0.15) is 18.2 Å². The summed E-state index contributed by atoms with van der Waals surface area (Å²) in [5.74, 6) is 1.77. The number of hydrogen-bond acceptors (Lipinski definition) is 3. The van der Waals surface area contributed by atoms with Crippen LogP contribution in [0, 0.1) is 20.8 Å².